The third-order valence-electron chi connectivity index (χ3n) is 3.76. The van der Waals surface area contributed by atoms with E-state index < -0.39 is 5.82 Å². The van der Waals surface area contributed by atoms with Gasteiger partial charge in [-0.1, -0.05) is 0 Å². The van der Waals surface area contributed by atoms with E-state index in [0.29, 0.717) is 17.0 Å². The van der Waals surface area contributed by atoms with Crippen LogP contribution in [0, 0.1) is 19.7 Å². The number of benzene rings is 1. The van der Waals surface area contributed by atoms with Crippen LogP contribution < -0.4 is 4.74 Å². The van der Waals surface area contributed by atoms with Crippen LogP contribution in [-0.4, -0.2) is 25.0 Å². The molecule has 0 saturated heterocycles. The molecule has 0 aliphatic heterocycles. The number of fused-ring (bicyclic) bond motifs is 1. The van der Waals surface area contributed by atoms with E-state index in [1.807, 2.05) is 0 Å². The highest BCUT2D eigenvalue weighted by Gasteiger charge is 2.14. The Kier molecular flexibility index (Phi) is 3.72. The van der Waals surface area contributed by atoms with Crippen LogP contribution in [0.5, 0.6) is 17.5 Å². The molecule has 0 fully saturated rings. The lowest BCUT2D eigenvalue weighted by Crippen LogP contribution is -1.92. The molecule has 0 atom stereocenters. The number of nitrogens with zero attached hydrogens (tertiary/aromatic N) is 4. The molecule has 0 radical (unpaired) electrons. The number of aromatic nitrogens is 4. The van der Waals surface area contributed by atoms with Crippen LogP contribution in [0.15, 0.2) is 41.2 Å². The Hall–Kier alpha value is -3.55. The van der Waals surface area contributed by atoms with Crippen LogP contribution in [0.3, 0.4) is 0 Å². The molecule has 130 valence electrons. The number of pyridine rings is 1. The first kappa shape index (κ1) is 15.9. The van der Waals surface area contributed by atoms with Gasteiger partial charge >= 0.3 is 6.01 Å². The molecule has 26 heavy (non-hydrogen) atoms. The van der Waals surface area contributed by atoms with Crippen molar-refractivity contribution in [1.82, 2.24) is 19.9 Å². The van der Waals surface area contributed by atoms with Gasteiger partial charge in [-0.05, 0) is 37.1 Å². The average molecular weight is 352 g/mol. The van der Waals surface area contributed by atoms with Gasteiger partial charge in [0.25, 0.3) is 5.71 Å². The SMILES string of the molecule is Cc1cc(-c2nc3cnc(Oc4cncc(F)c4)nc3o2)cc(C)c1O. The molecular weight excluding hydrogens is 339 g/mol. The summed E-state index contributed by atoms with van der Waals surface area (Å²) in [6, 6.07) is 4.71. The molecule has 4 aromatic rings. The minimum Gasteiger partial charge on any atom is -0.507 e. The number of aryl methyl sites for hydroxylation is 2. The van der Waals surface area contributed by atoms with Crippen molar-refractivity contribution in [3.05, 3.63) is 53.7 Å². The Balaban J connectivity index is 1.70. The van der Waals surface area contributed by atoms with E-state index in [1.54, 1.807) is 26.0 Å². The molecule has 1 aromatic carbocycles. The van der Waals surface area contributed by atoms with Crippen molar-refractivity contribution >= 4 is 11.2 Å². The smallest absolute Gasteiger partial charge is 0.325 e. The Morgan fingerprint density at radius 3 is 2.54 bits per heavy atom. The number of rotatable bonds is 3. The van der Waals surface area contributed by atoms with E-state index in [2.05, 4.69) is 19.9 Å². The molecule has 0 saturated carbocycles. The van der Waals surface area contributed by atoms with Crippen LogP contribution >= 0.6 is 0 Å². The fourth-order valence-electron chi connectivity index (χ4n) is 2.53. The number of hydrogen-bond acceptors (Lipinski definition) is 7. The summed E-state index contributed by atoms with van der Waals surface area (Å²) in [6.07, 6.45) is 3.88. The van der Waals surface area contributed by atoms with Crippen LogP contribution in [0.25, 0.3) is 22.7 Å². The van der Waals surface area contributed by atoms with Gasteiger partial charge in [0.1, 0.15) is 17.1 Å². The number of phenols is 1. The van der Waals surface area contributed by atoms with Crippen LogP contribution in [-0.2, 0) is 0 Å². The summed E-state index contributed by atoms with van der Waals surface area (Å²) in [4.78, 5) is 16.2. The molecule has 4 rings (SSSR count). The summed E-state index contributed by atoms with van der Waals surface area (Å²) in [5.41, 5.74) is 2.84. The van der Waals surface area contributed by atoms with Crippen molar-refractivity contribution in [2.45, 2.75) is 13.8 Å². The van der Waals surface area contributed by atoms with Crippen LogP contribution in [0.1, 0.15) is 11.1 Å². The van der Waals surface area contributed by atoms with Crippen molar-refractivity contribution in [3.63, 3.8) is 0 Å². The normalized spacial score (nSPS) is 11.0. The Bertz CT molecular complexity index is 1100. The monoisotopic (exact) mass is 352 g/mol. The van der Waals surface area contributed by atoms with Crippen molar-refractivity contribution in [2.24, 2.45) is 0 Å². The zero-order valence-corrected chi connectivity index (χ0v) is 13.9. The maximum atomic E-state index is 13.2. The third-order valence-corrected chi connectivity index (χ3v) is 3.76. The van der Waals surface area contributed by atoms with Gasteiger partial charge in [0.2, 0.25) is 5.89 Å². The van der Waals surface area contributed by atoms with Crippen molar-refractivity contribution in [3.8, 4) is 29.0 Å². The molecule has 8 heteroatoms. The molecule has 3 heterocycles. The van der Waals surface area contributed by atoms with E-state index in [-0.39, 0.29) is 23.2 Å². The molecule has 0 unspecified atom stereocenters. The summed E-state index contributed by atoms with van der Waals surface area (Å²) in [6.45, 7) is 3.60. The zero-order chi connectivity index (χ0) is 18.3. The van der Waals surface area contributed by atoms with Gasteiger partial charge < -0.3 is 14.3 Å². The number of ether oxygens (including phenoxy) is 1. The molecule has 0 spiro atoms. The van der Waals surface area contributed by atoms with E-state index in [1.165, 1.54) is 18.5 Å². The number of halogens is 1. The molecule has 0 aliphatic carbocycles. The highest BCUT2D eigenvalue weighted by Crippen LogP contribution is 2.30. The first-order valence-electron chi connectivity index (χ1n) is 7.72. The van der Waals surface area contributed by atoms with Crippen molar-refractivity contribution in [1.29, 1.82) is 0 Å². The van der Waals surface area contributed by atoms with Gasteiger partial charge in [-0.25, -0.2) is 14.4 Å². The van der Waals surface area contributed by atoms with Gasteiger partial charge in [-0.3, -0.25) is 4.98 Å². The number of aromatic hydroxyl groups is 1. The largest absolute Gasteiger partial charge is 0.507 e. The minimum atomic E-state index is -0.524. The summed E-state index contributed by atoms with van der Waals surface area (Å²) < 4.78 is 24.3. The van der Waals surface area contributed by atoms with E-state index in [9.17, 15) is 9.50 Å². The van der Waals surface area contributed by atoms with Crippen LogP contribution in [0.2, 0.25) is 0 Å². The van der Waals surface area contributed by atoms with Gasteiger partial charge in [-0.2, -0.15) is 4.98 Å². The molecule has 0 amide bonds. The molecule has 0 bridgehead atoms. The number of hydrogen-bond donors (Lipinski definition) is 1. The molecule has 1 N–H and O–H groups in total. The standard InChI is InChI=1S/C18H13FN4O3/c1-9-3-11(4-10(2)15(9)24)16-22-14-8-21-18(23-17(14)26-16)25-13-5-12(19)6-20-7-13/h3-8,24H,1-2H3. The fraction of sp³-hybridized carbons (Fsp3) is 0.111. The van der Waals surface area contributed by atoms with Gasteiger partial charge in [0.05, 0.1) is 18.6 Å². The molecule has 7 nitrogen and oxygen atoms in total. The summed E-state index contributed by atoms with van der Waals surface area (Å²) in [5.74, 6) is 0.242. The van der Waals surface area contributed by atoms with Gasteiger partial charge in [0.15, 0.2) is 5.75 Å². The summed E-state index contributed by atoms with van der Waals surface area (Å²) in [7, 11) is 0. The highest BCUT2D eigenvalue weighted by molar-refractivity contribution is 5.72. The lowest BCUT2D eigenvalue weighted by atomic mass is 10.1. The van der Waals surface area contributed by atoms with Gasteiger partial charge in [-0.15, -0.1) is 0 Å². The second-order valence-corrected chi connectivity index (χ2v) is 5.76. The van der Waals surface area contributed by atoms with Crippen LogP contribution in [0.4, 0.5) is 4.39 Å². The highest BCUT2D eigenvalue weighted by atomic mass is 19.1. The topological polar surface area (TPSA) is 94.2 Å². The quantitative estimate of drug-likeness (QED) is 0.597. The maximum Gasteiger partial charge on any atom is 0.325 e. The first-order chi connectivity index (χ1) is 12.5. The average Bonchev–Trinajstić information content (AvgIpc) is 3.02. The van der Waals surface area contributed by atoms with Crippen molar-refractivity contribution in [2.75, 3.05) is 0 Å². The van der Waals surface area contributed by atoms with Gasteiger partial charge in [0, 0.05) is 11.6 Å². The summed E-state index contributed by atoms with van der Waals surface area (Å²) in [5, 5.41) is 9.89. The predicted octanol–water partition coefficient (Wildman–Crippen LogP) is 3.93. The minimum absolute atomic E-state index is 0.00864. The zero-order valence-electron chi connectivity index (χ0n) is 13.9. The number of phenolic OH excluding ortho intramolecular Hbond substituents is 1. The Morgan fingerprint density at radius 2 is 1.81 bits per heavy atom. The van der Waals surface area contributed by atoms with E-state index in [4.69, 9.17) is 9.15 Å². The second kappa shape index (κ2) is 6.07. The van der Waals surface area contributed by atoms with Crippen molar-refractivity contribution < 1.29 is 18.7 Å². The summed E-state index contributed by atoms with van der Waals surface area (Å²) >= 11 is 0. The lowest BCUT2D eigenvalue weighted by Gasteiger charge is -2.04. The second-order valence-electron chi connectivity index (χ2n) is 5.76. The Morgan fingerprint density at radius 1 is 1.04 bits per heavy atom. The molecular formula is C18H13FN4O3. The van der Waals surface area contributed by atoms with E-state index >= 15 is 0 Å². The lowest BCUT2D eigenvalue weighted by molar-refractivity contribution is 0.434. The molecule has 0 aliphatic rings. The fourth-order valence-corrected chi connectivity index (χ4v) is 2.53. The number of oxazole rings is 1. The predicted molar refractivity (Wildman–Crippen MR) is 90.4 cm³/mol. The maximum absolute atomic E-state index is 13.2. The third kappa shape index (κ3) is 2.92. The molecule has 3 aromatic heterocycles. The van der Waals surface area contributed by atoms with E-state index in [0.717, 1.165) is 17.3 Å². The first-order valence-corrected chi connectivity index (χ1v) is 7.72. The Labute approximate surface area is 147 Å².